The number of nitrogens with one attached hydrogen (secondary N) is 1. The average molecular weight is 374 g/mol. The number of hydrogen-bond donors (Lipinski definition) is 2. The molecule has 2 aromatic heterocycles. The third-order valence-corrected chi connectivity index (χ3v) is 4.69. The van der Waals surface area contributed by atoms with Crippen molar-refractivity contribution in [1.82, 2.24) is 4.98 Å². The van der Waals surface area contributed by atoms with Crippen molar-refractivity contribution in [3.05, 3.63) is 66.7 Å². The summed E-state index contributed by atoms with van der Waals surface area (Å²) in [5.74, 6) is 6.32. The van der Waals surface area contributed by atoms with Crippen LogP contribution in [0.1, 0.15) is 18.6 Å². The van der Waals surface area contributed by atoms with Crippen molar-refractivity contribution in [2.45, 2.75) is 12.8 Å². The van der Waals surface area contributed by atoms with E-state index in [-0.39, 0.29) is 0 Å². The van der Waals surface area contributed by atoms with Gasteiger partial charge in [-0.3, -0.25) is 4.98 Å². The van der Waals surface area contributed by atoms with Crippen LogP contribution < -0.4 is 11.2 Å². The normalized spacial score (nSPS) is 12.0. The molecule has 0 aliphatic carbocycles. The van der Waals surface area contributed by atoms with E-state index in [1.54, 1.807) is 19.5 Å². The zero-order valence-electron chi connectivity index (χ0n) is 15.7. The van der Waals surface area contributed by atoms with Crippen LogP contribution in [0.15, 0.2) is 70.4 Å². The summed E-state index contributed by atoms with van der Waals surface area (Å²) >= 11 is 0. The van der Waals surface area contributed by atoms with E-state index in [1.807, 2.05) is 18.2 Å². The first-order valence-electron chi connectivity index (χ1n) is 9.18. The predicted octanol–water partition coefficient (Wildman–Crippen LogP) is 4.81. The van der Waals surface area contributed by atoms with E-state index in [4.69, 9.17) is 15.0 Å². The van der Waals surface area contributed by atoms with Crippen molar-refractivity contribution in [1.29, 1.82) is 0 Å². The fraction of sp³-hybridized carbons (Fsp3) is 0.182. The molecule has 0 saturated carbocycles. The van der Waals surface area contributed by atoms with E-state index in [1.165, 1.54) is 5.39 Å². The molecular formula is C22H22N4O2. The fourth-order valence-corrected chi connectivity index (χ4v) is 3.31. The number of aromatic nitrogens is 1. The van der Waals surface area contributed by atoms with Crippen molar-refractivity contribution < 1.29 is 9.15 Å². The van der Waals surface area contributed by atoms with Crippen LogP contribution >= 0.6 is 0 Å². The Morgan fingerprint density at radius 3 is 2.86 bits per heavy atom. The smallest absolute Gasteiger partial charge is 0.174 e. The maximum absolute atomic E-state index is 6.07. The van der Waals surface area contributed by atoms with Gasteiger partial charge < -0.3 is 20.3 Å². The molecule has 6 nitrogen and oxygen atoms in total. The van der Waals surface area contributed by atoms with E-state index in [9.17, 15) is 0 Å². The molecule has 0 bridgehead atoms. The topological polar surface area (TPSA) is 85.7 Å². The Morgan fingerprint density at radius 2 is 2.04 bits per heavy atom. The van der Waals surface area contributed by atoms with E-state index < -0.39 is 0 Å². The lowest BCUT2D eigenvalue weighted by atomic mass is 10.1. The van der Waals surface area contributed by atoms with E-state index >= 15 is 0 Å². The average Bonchev–Trinajstić information content (AvgIpc) is 3.09. The van der Waals surface area contributed by atoms with Gasteiger partial charge in [-0.05, 0) is 41.8 Å². The Kier molecular flexibility index (Phi) is 5.21. The lowest BCUT2D eigenvalue weighted by Crippen LogP contribution is -2.07. The zero-order valence-corrected chi connectivity index (χ0v) is 15.7. The van der Waals surface area contributed by atoms with Gasteiger partial charge in [-0.2, -0.15) is 5.10 Å². The summed E-state index contributed by atoms with van der Waals surface area (Å²) < 4.78 is 11.2. The summed E-state index contributed by atoms with van der Waals surface area (Å²) in [6.07, 6.45) is 4.91. The molecule has 6 heteroatoms. The van der Waals surface area contributed by atoms with Crippen molar-refractivity contribution >= 4 is 38.8 Å². The number of pyridine rings is 1. The Balaban J connectivity index is 1.75. The maximum atomic E-state index is 6.07. The molecule has 2 aromatic carbocycles. The summed E-state index contributed by atoms with van der Waals surface area (Å²) in [5.41, 5.74) is 3.19. The standard InChI is InChI=1S/C22H22N4O2/c1-27-12-4-7-19(26-23)22-21(18-10-11-24-14-20(18)28-22)25-17-9-8-15-5-2-3-6-16(15)13-17/h2-3,5-6,8-11,13-14,25H,4,7,12,23H2,1H3/b26-19+. The van der Waals surface area contributed by atoms with Gasteiger partial charge in [0, 0.05) is 31.0 Å². The second-order valence-corrected chi connectivity index (χ2v) is 6.54. The van der Waals surface area contributed by atoms with Gasteiger partial charge in [-0.25, -0.2) is 0 Å². The molecule has 28 heavy (non-hydrogen) atoms. The van der Waals surface area contributed by atoms with Gasteiger partial charge >= 0.3 is 0 Å². The highest BCUT2D eigenvalue weighted by Gasteiger charge is 2.19. The molecule has 0 aliphatic heterocycles. The lowest BCUT2D eigenvalue weighted by Gasteiger charge is -2.10. The van der Waals surface area contributed by atoms with Crippen LogP contribution in [-0.4, -0.2) is 24.4 Å². The number of hydrogen-bond acceptors (Lipinski definition) is 6. The van der Waals surface area contributed by atoms with Gasteiger partial charge in [0.15, 0.2) is 11.3 Å². The third-order valence-electron chi connectivity index (χ3n) is 4.69. The highest BCUT2D eigenvalue weighted by Crippen LogP contribution is 2.34. The van der Waals surface area contributed by atoms with Gasteiger partial charge in [0.2, 0.25) is 0 Å². The van der Waals surface area contributed by atoms with Gasteiger partial charge in [-0.1, -0.05) is 30.3 Å². The van der Waals surface area contributed by atoms with Crippen molar-refractivity contribution in [3.63, 3.8) is 0 Å². The first kappa shape index (κ1) is 18.0. The number of ether oxygens (including phenoxy) is 1. The van der Waals surface area contributed by atoms with E-state index in [0.29, 0.717) is 30.1 Å². The molecule has 0 radical (unpaired) electrons. The zero-order chi connectivity index (χ0) is 19.3. The number of nitrogens with two attached hydrogens (primary N) is 1. The van der Waals surface area contributed by atoms with Gasteiger partial charge in [0.05, 0.1) is 11.9 Å². The molecular weight excluding hydrogens is 352 g/mol. The highest BCUT2D eigenvalue weighted by molar-refractivity contribution is 6.10. The maximum Gasteiger partial charge on any atom is 0.174 e. The molecule has 3 N–H and O–H groups in total. The van der Waals surface area contributed by atoms with Crippen LogP contribution in [0.2, 0.25) is 0 Å². The number of nitrogens with zero attached hydrogens (tertiary/aromatic N) is 2. The predicted molar refractivity (Wildman–Crippen MR) is 113 cm³/mol. The summed E-state index contributed by atoms with van der Waals surface area (Å²) in [7, 11) is 1.68. The number of anilines is 2. The first-order chi connectivity index (χ1) is 13.8. The van der Waals surface area contributed by atoms with Crippen LogP contribution in [0, 0.1) is 0 Å². The molecule has 0 fully saturated rings. The molecule has 4 rings (SSSR count). The van der Waals surface area contributed by atoms with Crippen molar-refractivity contribution in [3.8, 4) is 0 Å². The number of benzene rings is 2. The monoisotopic (exact) mass is 374 g/mol. The Hall–Kier alpha value is -3.38. The summed E-state index contributed by atoms with van der Waals surface area (Å²) in [6, 6.07) is 16.4. The summed E-state index contributed by atoms with van der Waals surface area (Å²) in [5, 5.41) is 10.8. The molecule has 2 heterocycles. The first-order valence-corrected chi connectivity index (χ1v) is 9.18. The molecule has 0 saturated heterocycles. The summed E-state index contributed by atoms with van der Waals surface area (Å²) in [6.45, 7) is 0.633. The molecule has 0 atom stereocenters. The van der Waals surface area contributed by atoms with Gasteiger partial charge in [0.1, 0.15) is 5.71 Å². The van der Waals surface area contributed by atoms with Crippen LogP contribution in [0.3, 0.4) is 0 Å². The fourth-order valence-electron chi connectivity index (χ4n) is 3.31. The SMILES string of the molecule is COCCC/C(=N\N)c1oc2cnccc2c1Nc1ccc2ccccc2c1. The van der Waals surface area contributed by atoms with Gasteiger partial charge in [0.25, 0.3) is 0 Å². The minimum atomic E-state index is 0.633. The van der Waals surface area contributed by atoms with Crippen molar-refractivity contribution in [2.24, 2.45) is 10.9 Å². The number of furan rings is 1. The third kappa shape index (κ3) is 3.54. The van der Waals surface area contributed by atoms with Gasteiger partial charge in [-0.15, -0.1) is 0 Å². The molecule has 0 unspecified atom stereocenters. The van der Waals surface area contributed by atoms with Crippen LogP contribution in [0.4, 0.5) is 11.4 Å². The molecule has 0 aliphatic rings. The Morgan fingerprint density at radius 1 is 1.18 bits per heavy atom. The highest BCUT2D eigenvalue weighted by atomic mass is 16.5. The number of rotatable bonds is 7. The second kappa shape index (κ2) is 8.10. The lowest BCUT2D eigenvalue weighted by molar-refractivity contribution is 0.196. The van der Waals surface area contributed by atoms with E-state index in [0.717, 1.165) is 28.6 Å². The van der Waals surface area contributed by atoms with Crippen molar-refractivity contribution in [2.75, 3.05) is 19.0 Å². The van der Waals surface area contributed by atoms with Crippen LogP contribution in [-0.2, 0) is 4.74 Å². The van der Waals surface area contributed by atoms with E-state index in [2.05, 4.69) is 45.7 Å². The second-order valence-electron chi connectivity index (χ2n) is 6.54. The molecule has 4 aromatic rings. The quantitative estimate of drug-likeness (QED) is 0.210. The Bertz CT molecular complexity index is 1130. The molecule has 0 spiro atoms. The number of fused-ring (bicyclic) bond motifs is 2. The number of methoxy groups -OCH3 is 1. The van der Waals surface area contributed by atoms with Crippen LogP contribution in [0.5, 0.6) is 0 Å². The minimum Gasteiger partial charge on any atom is -0.451 e. The minimum absolute atomic E-state index is 0.633. The largest absolute Gasteiger partial charge is 0.451 e. The summed E-state index contributed by atoms with van der Waals surface area (Å²) in [4.78, 5) is 4.16. The molecule has 0 amide bonds. The Labute approximate surface area is 163 Å². The van der Waals surface area contributed by atoms with Crippen LogP contribution in [0.25, 0.3) is 21.7 Å². The number of hydrazone groups is 1. The molecule has 142 valence electrons.